The normalized spacial score (nSPS) is 31.4. The minimum Gasteiger partial charge on any atom is -0.381 e. The molecule has 0 aromatic rings. The van der Waals surface area contributed by atoms with Crippen LogP contribution in [0.15, 0.2) is 0 Å². The molecule has 0 aromatic heterocycles. The number of ketones is 1. The molecule has 2 fully saturated rings. The molecular weight excluding hydrogens is 228 g/mol. The van der Waals surface area contributed by atoms with Gasteiger partial charge in [-0.3, -0.25) is 9.69 Å². The monoisotopic (exact) mass is 254 g/mol. The Morgan fingerprint density at radius 1 is 1.39 bits per heavy atom. The standard InChI is InChI=1S/C14H26N2O2/c1-3-13-9-15(2)6-4-7-16(13)10-14(17)12-5-8-18-11-12/h12-13H,3-11H2,1-2H3. The molecule has 0 spiro atoms. The molecular formula is C14H26N2O2. The highest BCUT2D eigenvalue weighted by Gasteiger charge is 2.28. The molecule has 0 aliphatic carbocycles. The van der Waals surface area contributed by atoms with Crippen LogP contribution in [0.5, 0.6) is 0 Å². The first-order chi connectivity index (χ1) is 8.70. The Kier molecular flexibility index (Phi) is 5.15. The molecule has 0 aromatic carbocycles. The third kappa shape index (κ3) is 3.53. The van der Waals surface area contributed by atoms with Gasteiger partial charge in [0.1, 0.15) is 0 Å². The highest BCUT2D eigenvalue weighted by Crippen LogP contribution is 2.17. The van der Waals surface area contributed by atoms with Crippen molar-refractivity contribution in [3.63, 3.8) is 0 Å². The second-order valence-corrected chi connectivity index (χ2v) is 5.68. The fraction of sp³-hybridized carbons (Fsp3) is 0.929. The quantitative estimate of drug-likeness (QED) is 0.749. The highest BCUT2D eigenvalue weighted by atomic mass is 16.5. The van der Waals surface area contributed by atoms with Gasteiger partial charge in [0.2, 0.25) is 0 Å². The van der Waals surface area contributed by atoms with Gasteiger partial charge in [0.15, 0.2) is 5.78 Å². The van der Waals surface area contributed by atoms with Crippen LogP contribution >= 0.6 is 0 Å². The van der Waals surface area contributed by atoms with Crippen LogP contribution < -0.4 is 0 Å². The molecule has 0 radical (unpaired) electrons. The molecule has 2 atom stereocenters. The summed E-state index contributed by atoms with van der Waals surface area (Å²) in [6.45, 7) is 7.54. The highest BCUT2D eigenvalue weighted by molar-refractivity contribution is 5.83. The van der Waals surface area contributed by atoms with E-state index in [0.717, 1.165) is 39.1 Å². The first kappa shape index (κ1) is 14.0. The molecule has 2 rings (SSSR count). The van der Waals surface area contributed by atoms with Gasteiger partial charge in [-0.1, -0.05) is 6.92 Å². The van der Waals surface area contributed by atoms with Crippen LogP contribution in [0.1, 0.15) is 26.2 Å². The van der Waals surface area contributed by atoms with E-state index in [1.807, 2.05) is 0 Å². The maximum atomic E-state index is 12.2. The SMILES string of the molecule is CCC1CN(C)CCCN1CC(=O)C1CCOC1. The van der Waals surface area contributed by atoms with Crippen LogP contribution in [-0.2, 0) is 9.53 Å². The number of carbonyl (C=O) groups excluding carboxylic acids is 1. The maximum Gasteiger partial charge on any atom is 0.152 e. The van der Waals surface area contributed by atoms with Crippen LogP contribution in [0, 0.1) is 5.92 Å². The number of carbonyl (C=O) groups is 1. The zero-order chi connectivity index (χ0) is 13.0. The van der Waals surface area contributed by atoms with E-state index in [-0.39, 0.29) is 5.92 Å². The van der Waals surface area contributed by atoms with Crippen molar-refractivity contribution >= 4 is 5.78 Å². The van der Waals surface area contributed by atoms with Gasteiger partial charge >= 0.3 is 0 Å². The van der Waals surface area contributed by atoms with Crippen LogP contribution in [0.4, 0.5) is 0 Å². The third-order valence-corrected chi connectivity index (χ3v) is 4.24. The van der Waals surface area contributed by atoms with Gasteiger partial charge in [0, 0.05) is 31.7 Å². The molecule has 0 amide bonds. The van der Waals surface area contributed by atoms with Gasteiger partial charge in [-0.05, 0) is 32.9 Å². The van der Waals surface area contributed by atoms with Gasteiger partial charge in [0.05, 0.1) is 13.2 Å². The average Bonchev–Trinajstić information content (AvgIpc) is 2.83. The van der Waals surface area contributed by atoms with Gasteiger partial charge < -0.3 is 9.64 Å². The lowest BCUT2D eigenvalue weighted by atomic mass is 10.0. The molecule has 104 valence electrons. The van der Waals surface area contributed by atoms with Crippen molar-refractivity contribution in [1.29, 1.82) is 0 Å². The van der Waals surface area contributed by atoms with Gasteiger partial charge in [0.25, 0.3) is 0 Å². The van der Waals surface area contributed by atoms with Crippen LogP contribution in [0.2, 0.25) is 0 Å². The Labute approximate surface area is 110 Å². The van der Waals surface area contributed by atoms with Crippen molar-refractivity contribution in [2.45, 2.75) is 32.2 Å². The molecule has 18 heavy (non-hydrogen) atoms. The summed E-state index contributed by atoms with van der Waals surface area (Å²) in [4.78, 5) is 17.0. The third-order valence-electron chi connectivity index (χ3n) is 4.24. The van der Waals surface area contributed by atoms with Crippen LogP contribution in [0.25, 0.3) is 0 Å². The van der Waals surface area contributed by atoms with Crippen molar-refractivity contribution in [3.8, 4) is 0 Å². The van der Waals surface area contributed by atoms with E-state index >= 15 is 0 Å². The zero-order valence-corrected chi connectivity index (χ0v) is 11.7. The number of ether oxygens (including phenoxy) is 1. The van der Waals surface area contributed by atoms with Crippen molar-refractivity contribution in [2.24, 2.45) is 5.92 Å². The topological polar surface area (TPSA) is 32.8 Å². The fourth-order valence-corrected chi connectivity index (χ4v) is 3.01. The molecule has 0 N–H and O–H groups in total. The Morgan fingerprint density at radius 3 is 2.89 bits per heavy atom. The second kappa shape index (κ2) is 6.64. The Hall–Kier alpha value is -0.450. The molecule has 4 heteroatoms. The van der Waals surface area contributed by atoms with E-state index in [1.165, 1.54) is 6.42 Å². The first-order valence-electron chi connectivity index (χ1n) is 7.23. The Morgan fingerprint density at radius 2 is 2.22 bits per heavy atom. The molecule has 2 heterocycles. The molecule has 4 nitrogen and oxygen atoms in total. The fourth-order valence-electron chi connectivity index (χ4n) is 3.01. The van der Waals surface area contributed by atoms with E-state index in [0.29, 0.717) is 25.0 Å². The van der Waals surface area contributed by atoms with Crippen LogP contribution in [-0.4, -0.2) is 68.1 Å². The lowest BCUT2D eigenvalue weighted by molar-refractivity contribution is -0.124. The van der Waals surface area contributed by atoms with E-state index in [4.69, 9.17) is 4.74 Å². The molecule has 0 saturated carbocycles. The van der Waals surface area contributed by atoms with Crippen LogP contribution in [0.3, 0.4) is 0 Å². The summed E-state index contributed by atoms with van der Waals surface area (Å²) in [6.07, 6.45) is 3.21. The predicted molar refractivity (Wildman–Crippen MR) is 71.7 cm³/mol. The Balaban J connectivity index is 1.90. The van der Waals surface area contributed by atoms with Crippen molar-refractivity contribution < 1.29 is 9.53 Å². The second-order valence-electron chi connectivity index (χ2n) is 5.68. The van der Waals surface area contributed by atoms with Gasteiger partial charge in [-0.25, -0.2) is 0 Å². The summed E-state index contributed by atoms with van der Waals surface area (Å²) in [5.41, 5.74) is 0. The zero-order valence-electron chi connectivity index (χ0n) is 11.7. The molecule has 2 saturated heterocycles. The summed E-state index contributed by atoms with van der Waals surface area (Å²) in [5.74, 6) is 0.541. The largest absolute Gasteiger partial charge is 0.381 e. The van der Waals surface area contributed by atoms with Crippen molar-refractivity contribution in [1.82, 2.24) is 9.80 Å². The van der Waals surface area contributed by atoms with E-state index in [2.05, 4.69) is 23.8 Å². The van der Waals surface area contributed by atoms with Crippen molar-refractivity contribution in [2.75, 3.05) is 46.4 Å². The summed E-state index contributed by atoms with van der Waals surface area (Å²) >= 11 is 0. The maximum absolute atomic E-state index is 12.2. The summed E-state index contributed by atoms with van der Waals surface area (Å²) in [5, 5.41) is 0. The smallest absolute Gasteiger partial charge is 0.152 e. The molecule has 2 aliphatic rings. The number of Topliss-reactive ketones (excluding diaryl/α,β-unsaturated/α-hetero) is 1. The lowest BCUT2D eigenvalue weighted by Crippen LogP contribution is -2.43. The summed E-state index contributed by atoms with van der Waals surface area (Å²) in [7, 11) is 2.18. The number of nitrogens with zero attached hydrogens (tertiary/aromatic N) is 2. The number of rotatable bonds is 4. The summed E-state index contributed by atoms with van der Waals surface area (Å²) < 4.78 is 5.31. The number of hydrogen-bond acceptors (Lipinski definition) is 4. The van der Waals surface area contributed by atoms with E-state index in [9.17, 15) is 4.79 Å². The molecule has 0 bridgehead atoms. The summed E-state index contributed by atoms with van der Waals surface area (Å²) in [6, 6.07) is 0.531. The van der Waals surface area contributed by atoms with Gasteiger partial charge in [-0.2, -0.15) is 0 Å². The average molecular weight is 254 g/mol. The minimum absolute atomic E-state index is 0.156. The molecule has 2 unspecified atom stereocenters. The van der Waals surface area contributed by atoms with E-state index in [1.54, 1.807) is 0 Å². The molecule has 2 aliphatic heterocycles. The predicted octanol–water partition coefficient (Wildman–Crippen LogP) is 1.01. The van der Waals surface area contributed by atoms with E-state index < -0.39 is 0 Å². The number of hydrogen-bond donors (Lipinski definition) is 0. The Bertz CT molecular complexity index is 277. The van der Waals surface area contributed by atoms with Gasteiger partial charge in [-0.15, -0.1) is 0 Å². The minimum atomic E-state index is 0.156. The number of likely N-dealkylation sites (N-methyl/N-ethyl adjacent to an activating group) is 1. The first-order valence-corrected chi connectivity index (χ1v) is 7.23. The lowest BCUT2D eigenvalue weighted by Gasteiger charge is -2.30. The van der Waals surface area contributed by atoms with Crippen molar-refractivity contribution in [3.05, 3.63) is 0 Å².